The molecular formula is C20H24N6O3. The predicted octanol–water partition coefficient (Wildman–Crippen LogP) is 1.35. The largest absolute Gasteiger partial charge is 0.372 e. The normalized spacial score (nSPS) is 26.4. The van der Waals surface area contributed by atoms with Gasteiger partial charge in [-0.1, -0.05) is 0 Å². The van der Waals surface area contributed by atoms with Crippen LogP contribution in [-0.2, 0) is 14.3 Å². The Hall–Kier alpha value is -2.94. The first kappa shape index (κ1) is 18.1. The second kappa shape index (κ2) is 6.84. The SMILES string of the molecule is CC1CN(c2cc(NC3CC3)n3ncc(/C=C4\CC(=O)NC4=O)c3n2)CC(C)O1. The van der Waals surface area contributed by atoms with E-state index in [-0.39, 0.29) is 30.4 Å². The summed E-state index contributed by atoms with van der Waals surface area (Å²) in [7, 11) is 0. The van der Waals surface area contributed by atoms with Crippen LogP contribution in [0.5, 0.6) is 0 Å². The Bertz CT molecular complexity index is 1010. The van der Waals surface area contributed by atoms with Crippen LogP contribution in [0.1, 0.15) is 38.7 Å². The van der Waals surface area contributed by atoms with E-state index in [1.165, 1.54) is 0 Å². The maximum Gasteiger partial charge on any atom is 0.254 e. The molecule has 9 heteroatoms. The van der Waals surface area contributed by atoms with Gasteiger partial charge in [0.2, 0.25) is 5.91 Å². The van der Waals surface area contributed by atoms with Crippen LogP contribution in [0.4, 0.5) is 11.6 Å². The molecule has 3 fully saturated rings. The molecule has 2 aromatic heterocycles. The van der Waals surface area contributed by atoms with E-state index in [0.717, 1.165) is 43.1 Å². The Kier molecular flexibility index (Phi) is 4.27. The average molecular weight is 396 g/mol. The van der Waals surface area contributed by atoms with Gasteiger partial charge in [-0.3, -0.25) is 14.9 Å². The molecular weight excluding hydrogens is 372 g/mol. The molecule has 0 radical (unpaired) electrons. The maximum absolute atomic E-state index is 12.0. The van der Waals surface area contributed by atoms with Crippen molar-refractivity contribution in [3.05, 3.63) is 23.4 Å². The predicted molar refractivity (Wildman–Crippen MR) is 108 cm³/mol. The third-order valence-corrected chi connectivity index (χ3v) is 5.38. The van der Waals surface area contributed by atoms with E-state index < -0.39 is 0 Å². The fourth-order valence-corrected chi connectivity index (χ4v) is 3.94. The first-order chi connectivity index (χ1) is 14.0. The van der Waals surface area contributed by atoms with Crippen molar-refractivity contribution in [2.24, 2.45) is 0 Å². The van der Waals surface area contributed by atoms with Gasteiger partial charge in [0.05, 0.1) is 24.8 Å². The lowest BCUT2D eigenvalue weighted by atomic mass is 10.1. The minimum atomic E-state index is -0.349. The zero-order chi connectivity index (χ0) is 20.1. The van der Waals surface area contributed by atoms with Crippen molar-refractivity contribution in [1.29, 1.82) is 0 Å². The van der Waals surface area contributed by atoms with Gasteiger partial charge in [-0.05, 0) is 32.8 Å². The van der Waals surface area contributed by atoms with Gasteiger partial charge in [0.15, 0.2) is 5.65 Å². The van der Waals surface area contributed by atoms with E-state index >= 15 is 0 Å². The van der Waals surface area contributed by atoms with Crippen LogP contribution in [0.2, 0.25) is 0 Å². The summed E-state index contributed by atoms with van der Waals surface area (Å²) in [6.07, 6.45) is 6.02. The quantitative estimate of drug-likeness (QED) is 0.594. The van der Waals surface area contributed by atoms with Crippen LogP contribution in [-0.4, -0.2) is 57.8 Å². The van der Waals surface area contributed by atoms with Gasteiger partial charge in [-0.25, -0.2) is 4.98 Å². The molecule has 2 saturated heterocycles. The van der Waals surface area contributed by atoms with Crippen molar-refractivity contribution in [3.63, 3.8) is 0 Å². The minimum absolute atomic E-state index is 0.0849. The van der Waals surface area contributed by atoms with Gasteiger partial charge >= 0.3 is 0 Å². The standard InChI is InChI=1S/C20H24N6O3/c1-11-9-25(10-12(2)29-11)16-7-17(22-15-3-4-15)26-19(23-16)14(8-21-26)5-13-6-18(27)24-20(13)28/h5,7-8,11-12,15,22H,3-4,6,9-10H2,1-2H3,(H,24,27,28)/b13-5+. The summed E-state index contributed by atoms with van der Waals surface area (Å²) in [4.78, 5) is 30.6. The van der Waals surface area contributed by atoms with Crippen molar-refractivity contribution in [2.75, 3.05) is 23.3 Å². The number of hydrogen-bond donors (Lipinski definition) is 2. The van der Waals surface area contributed by atoms with E-state index in [2.05, 4.69) is 34.5 Å². The van der Waals surface area contributed by atoms with Crippen LogP contribution in [0, 0.1) is 0 Å². The van der Waals surface area contributed by atoms with Crippen molar-refractivity contribution >= 4 is 35.2 Å². The van der Waals surface area contributed by atoms with Gasteiger partial charge in [0.1, 0.15) is 11.6 Å². The zero-order valence-electron chi connectivity index (χ0n) is 16.5. The Morgan fingerprint density at radius 3 is 2.66 bits per heavy atom. The number of fused-ring (bicyclic) bond motifs is 1. The summed E-state index contributed by atoms with van der Waals surface area (Å²) in [5.74, 6) is 1.11. The van der Waals surface area contributed by atoms with Gasteiger partial charge < -0.3 is 15.0 Å². The molecule has 5 rings (SSSR count). The van der Waals surface area contributed by atoms with Gasteiger partial charge in [-0.2, -0.15) is 9.61 Å². The number of anilines is 2. The number of aromatic nitrogens is 3. The topological polar surface area (TPSA) is 101 Å². The molecule has 2 atom stereocenters. The Labute approximate surface area is 168 Å². The van der Waals surface area contributed by atoms with Crippen LogP contribution in [0.25, 0.3) is 11.7 Å². The average Bonchev–Trinajstić information content (AvgIpc) is 3.29. The lowest BCUT2D eigenvalue weighted by molar-refractivity contribution is -0.124. The molecule has 9 nitrogen and oxygen atoms in total. The molecule has 1 saturated carbocycles. The van der Waals surface area contributed by atoms with Crippen LogP contribution in [0.3, 0.4) is 0 Å². The Balaban J connectivity index is 1.58. The van der Waals surface area contributed by atoms with E-state index in [4.69, 9.17) is 9.72 Å². The Morgan fingerprint density at radius 2 is 2.00 bits per heavy atom. The van der Waals surface area contributed by atoms with Gasteiger partial charge in [0.25, 0.3) is 5.91 Å². The number of carbonyl (C=O) groups excluding carboxylic acids is 2. The van der Waals surface area contributed by atoms with Crippen molar-refractivity contribution in [3.8, 4) is 0 Å². The molecule has 152 valence electrons. The van der Waals surface area contributed by atoms with E-state index in [1.807, 2.05) is 6.07 Å². The number of ether oxygens (including phenoxy) is 1. The first-order valence-electron chi connectivity index (χ1n) is 10.1. The molecule has 2 amide bonds. The number of morpholine rings is 1. The molecule has 0 spiro atoms. The monoisotopic (exact) mass is 396 g/mol. The van der Waals surface area contributed by atoms with Crippen molar-refractivity contribution < 1.29 is 14.3 Å². The summed E-state index contributed by atoms with van der Waals surface area (Å²) >= 11 is 0. The highest BCUT2D eigenvalue weighted by molar-refractivity contribution is 6.15. The summed E-state index contributed by atoms with van der Waals surface area (Å²) in [6, 6.07) is 2.49. The van der Waals surface area contributed by atoms with Crippen LogP contribution >= 0.6 is 0 Å². The first-order valence-corrected chi connectivity index (χ1v) is 10.1. The minimum Gasteiger partial charge on any atom is -0.372 e. The molecule has 1 aliphatic carbocycles. The molecule has 4 heterocycles. The van der Waals surface area contributed by atoms with E-state index in [0.29, 0.717) is 17.3 Å². The molecule has 2 N–H and O–H groups in total. The number of nitrogens with zero attached hydrogens (tertiary/aromatic N) is 4. The molecule has 2 aliphatic heterocycles. The smallest absolute Gasteiger partial charge is 0.254 e. The van der Waals surface area contributed by atoms with Crippen molar-refractivity contribution in [2.45, 2.75) is 51.4 Å². The molecule has 0 aromatic carbocycles. The lowest BCUT2D eigenvalue weighted by Crippen LogP contribution is -2.45. The van der Waals surface area contributed by atoms with Crippen LogP contribution in [0.15, 0.2) is 17.8 Å². The highest BCUT2D eigenvalue weighted by Gasteiger charge is 2.28. The number of imide groups is 1. The van der Waals surface area contributed by atoms with Crippen LogP contribution < -0.4 is 15.5 Å². The highest BCUT2D eigenvalue weighted by atomic mass is 16.5. The third kappa shape index (κ3) is 3.57. The second-order valence-electron chi connectivity index (χ2n) is 8.14. The number of nitrogens with one attached hydrogen (secondary N) is 2. The maximum atomic E-state index is 12.0. The lowest BCUT2D eigenvalue weighted by Gasteiger charge is -2.36. The van der Waals surface area contributed by atoms with Gasteiger partial charge in [0, 0.05) is 36.3 Å². The second-order valence-corrected chi connectivity index (χ2v) is 8.14. The molecule has 0 bridgehead atoms. The van der Waals surface area contributed by atoms with E-state index in [1.54, 1.807) is 16.8 Å². The number of rotatable bonds is 4. The van der Waals surface area contributed by atoms with Gasteiger partial charge in [-0.15, -0.1) is 0 Å². The van der Waals surface area contributed by atoms with Crippen molar-refractivity contribution in [1.82, 2.24) is 19.9 Å². The third-order valence-electron chi connectivity index (χ3n) is 5.38. The molecule has 2 unspecified atom stereocenters. The fraction of sp³-hybridized carbons (Fsp3) is 0.500. The Morgan fingerprint density at radius 1 is 1.24 bits per heavy atom. The molecule has 29 heavy (non-hydrogen) atoms. The summed E-state index contributed by atoms with van der Waals surface area (Å²) in [5, 5.41) is 10.3. The molecule has 2 aromatic rings. The zero-order valence-corrected chi connectivity index (χ0v) is 16.5. The highest BCUT2D eigenvalue weighted by Crippen LogP contribution is 2.30. The summed E-state index contributed by atoms with van der Waals surface area (Å²) in [6.45, 7) is 5.65. The summed E-state index contributed by atoms with van der Waals surface area (Å²) < 4.78 is 7.63. The number of amides is 2. The fourth-order valence-electron chi connectivity index (χ4n) is 3.94. The summed E-state index contributed by atoms with van der Waals surface area (Å²) in [5.41, 5.74) is 1.82. The molecule has 3 aliphatic rings. The number of hydrogen-bond acceptors (Lipinski definition) is 7. The van der Waals surface area contributed by atoms with E-state index in [9.17, 15) is 9.59 Å². The number of carbonyl (C=O) groups is 2.